The van der Waals surface area contributed by atoms with Crippen molar-refractivity contribution in [2.24, 2.45) is 0 Å². The molecule has 0 saturated heterocycles. The molecule has 0 atom stereocenters. The first-order valence-corrected chi connectivity index (χ1v) is 8.43. The van der Waals surface area contributed by atoms with Crippen molar-refractivity contribution in [3.05, 3.63) is 22.2 Å². The molecule has 1 heterocycles. The largest absolute Gasteiger partial charge is 0.311 e. The Bertz CT molecular complexity index is 683. The number of amides is 1. The van der Waals surface area contributed by atoms with Gasteiger partial charge in [0.05, 0.1) is 4.90 Å². The summed E-state index contributed by atoms with van der Waals surface area (Å²) in [6.07, 6.45) is 0. The van der Waals surface area contributed by atoms with Crippen LogP contribution in [0.2, 0.25) is 0 Å². The lowest BCUT2D eigenvalue weighted by Crippen LogP contribution is -2.32. The SMILES string of the molecule is CNS(=O)(=O)c1cc2c(cc1Br)C(C)(C)CN2C(C)=O. The second kappa shape index (κ2) is 4.82. The summed E-state index contributed by atoms with van der Waals surface area (Å²) in [5.74, 6) is -0.0908. The van der Waals surface area contributed by atoms with Crippen molar-refractivity contribution >= 4 is 37.5 Å². The van der Waals surface area contributed by atoms with E-state index < -0.39 is 10.0 Å². The first kappa shape index (κ1) is 15.5. The summed E-state index contributed by atoms with van der Waals surface area (Å²) < 4.78 is 26.8. The molecule has 0 unspecified atom stereocenters. The fourth-order valence-electron chi connectivity index (χ4n) is 2.47. The van der Waals surface area contributed by atoms with E-state index in [1.165, 1.54) is 14.0 Å². The number of hydrogen-bond donors (Lipinski definition) is 1. The average molecular weight is 361 g/mol. The summed E-state index contributed by atoms with van der Waals surface area (Å²) in [6.45, 7) is 6.10. The summed E-state index contributed by atoms with van der Waals surface area (Å²) >= 11 is 3.31. The van der Waals surface area contributed by atoms with Crippen LogP contribution in [0.1, 0.15) is 26.3 Å². The Balaban J connectivity index is 2.72. The predicted molar refractivity (Wildman–Crippen MR) is 81.4 cm³/mol. The van der Waals surface area contributed by atoms with Crippen molar-refractivity contribution in [1.29, 1.82) is 0 Å². The van der Waals surface area contributed by atoms with Crippen LogP contribution in [0.4, 0.5) is 5.69 Å². The number of rotatable bonds is 2. The monoisotopic (exact) mass is 360 g/mol. The first-order valence-electron chi connectivity index (χ1n) is 6.16. The molecule has 0 saturated carbocycles. The highest BCUT2D eigenvalue weighted by molar-refractivity contribution is 9.10. The Morgan fingerprint density at radius 2 is 2.00 bits per heavy atom. The number of anilines is 1. The van der Waals surface area contributed by atoms with E-state index in [1.54, 1.807) is 17.0 Å². The molecule has 5 nitrogen and oxygen atoms in total. The first-order chi connectivity index (χ1) is 9.10. The molecule has 1 aliphatic rings. The van der Waals surface area contributed by atoms with E-state index >= 15 is 0 Å². The Morgan fingerprint density at radius 1 is 1.40 bits per heavy atom. The minimum atomic E-state index is -3.57. The van der Waals surface area contributed by atoms with Gasteiger partial charge in [-0.25, -0.2) is 13.1 Å². The van der Waals surface area contributed by atoms with Crippen LogP contribution in [-0.2, 0) is 20.2 Å². The van der Waals surface area contributed by atoms with Gasteiger partial charge in [0.15, 0.2) is 0 Å². The van der Waals surface area contributed by atoms with Gasteiger partial charge in [0.2, 0.25) is 15.9 Å². The molecular formula is C13H17BrN2O3S. The van der Waals surface area contributed by atoms with Crippen molar-refractivity contribution in [3.8, 4) is 0 Å². The fourth-order valence-corrected chi connectivity index (χ4v) is 4.26. The Morgan fingerprint density at radius 3 is 2.50 bits per heavy atom. The lowest BCUT2D eigenvalue weighted by molar-refractivity contribution is -0.116. The third-order valence-corrected chi connectivity index (χ3v) is 5.93. The van der Waals surface area contributed by atoms with Crippen LogP contribution < -0.4 is 9.62 Å². The molecule has 1 aromatic carbocycles. The van der Waals surface area contributed by atoms with Gasteiger partial charge in [0, 0.05) is 29.0 Å². The minimum absolute atomic E-state index is 0.0908. The number of carbonyl (C=O) groups is 1. The van der Waals surface area contributed by atoms with Crippen LogP contribution in [0.3, 0.4) is 0 Å². The van der Waals surface area contributed by atoms with Crippen LogP contribution in [0.25, 0.3) is 0 Å². The molecule has 0 radical (unpaired) electrons. The quantitative estimate of drug-likeness (QED) is 0.876. The van der Waals surface area contributed by atoms with Gasteiger partial charge in [0.25, 0.3) is 0 Å². The minimum Gasteiger partial charge on any atom is -0.311 e. The van der Waals surface area contributed by atoms with E-state index in [0.29, 0.717) is 16.7 Å². The van der Waals surface area contributed by atoms with Gasteiger partial charge in [-0.15, -0.1) is 0 Å². The second-order valence-corrected chi connectivity index (χ2v) is 8.21. The zero-order valence-corrected chi connectivity index (χ0v) is 14.2. The third kappa shape index (κ3) is 2.38. The third-order valence-electron chi connectivity index (χ3n) is 3.56. The van der Waals surface area contributed by atoms with Gasteiger partial charge >= 0.3 is 0 Å². The number of fused-ring (bicyclic) bond motifs is 1. The second-order valence-electron chi connectivity index (χ2n) is 5.50. The van der Waals surface area contributed by atoms with Gasteiger partial charge in [-0.05, 0) is 40.7 Å². The number of nitrogens with zero attached hydrogens (tertiary/aromatic N) is 1. The molecular weight excluding hydrogens is 344 g/mol. The highest BCUT2D eigenvalue weighted by Gasteiger charge is 2.38. The van der Waals surface area contributed by atoms with Crippen LogP contribution in [0.15, 0.2) is 21.5 Å². The highest BCUT2D eigenvalue weighted by atomic mass is 79.9. The van der Waals surface area contributed by atoms with Crippen molar-refractivity contribution in [2.45, 2.75) is 31.1 Å². The molecule has 0 aromatic heterocycles. The van der Waals surface area contributed by atoms with E-state index in [9.17, 15) is 13.2 Å². The van der Waals surface area contributed by atoms with E-state index in [1.807, 2.05) is 13.8 Å². The summed E-state index contributed by atoms with van der Waals surface area (Å²) in [5.41, 5.74) is 1.43. The van der Waals surface area contributed by atoms with Gasteiger partial charge < -0.3 is 4.90 Å². The van der Waals surface area contributed by atoms with Crippen LogP contribution in [-0.4, -0.2) is 27.9 Å². The zero-order valence-electron chi connectivity index (χ0n) is 11.8. The van der Waals surface area contributed by atoms with Crippen LogP contribution >= 0.6 is 15.9 Å². The maximum atomic E-state index is 12.0. The average Bonchev–Trinajstić information content (AvgIpc) is 2.60. The molecule has 0 spiro atoms. The molecule has 1 aliphatic heterocycles. The van der Waals surface area contributed by atoms with Crippen LogP contribution in [0.5, 0.6) is 0 Å². The number of halogens is 1. The number of sulfonamides is 1. The maximum Gasteiger partial charge on any atom is 0.241 e. The molecule has 110 valence electrons. The summed E-state index contributed by atoms with van der Waals surface area (Å²) in [4.78, 5) is 13.5. The predicted octanol–water partition coefficient (Wildman–Crippen LogP) is 2.00. The maximum absolute atomic E-state index is 12.0. The van der Waals surface area contributed by atoms with Gasteiger partial charge in [-0.2, -0.15) is 0 Å². The van der Waals surface area contributed by atoms with Gasteiger partial charge in [-0.3, -0.25) is 4.79 Å². The number of hydrogen-bond acceptors (Lipinski definition) is 3. The molecule has 1 amide bonds. The lowest BCUT2D eigenvalue weighted by atomic mass is 9.87. The molecule has 2 rings (SSSR count). The van der Waals surface area contributed by atoms with E-state index in [2.05, 4.69) is 20.7 Å². The molecule has 1 N–H and O–H groups in total. The standard InChI is InChI=1S/C13H17BrN2O3S/c1-8(17)16-7-13(2,3)9-5-10(14)12(6-11(9)16)20(18,19)15-4/h5-6,15H,7H2,1-4H3. The van der Waals surface area contributed by atoms with E-state index in [0.717, 1.165) is 5.56 Å². The molecule has 7 heteroatoms. The normalized spacial score (nSPS) is 17.1. The van der Waals surface area contributed by atoms with Crippen molar-refractivity contribution in [2.75, 3.05) is 18.5 Å². The summed E-state index contributed by atoms with van der Waals surface area (Å²) in [6, 6.07) is 3.35. The lowest BCUT2D eigenvalue weighted by Gasteiger charge is -2.19. The molecule has 1 aromatic rings. The van der Waals surface area contributed by atoms with Crippen LogP contribution in [0, 0.1) is 0 Å². The Hall–Kier alpha value is -0.920. The number of nitrogens with one attached hydrogen (secondary N) is 1. The topological polar surface area (TPSA) is 66.5 Å². The highest BCUT2D eigenvalue weighted by Crippen LogP contribution is 2.43. The molecule has 0 fully saturated rings. The summed E-state index contributed by atoms with van der Waals surface area (Å²) in [5, 5.41) is 0. The number of carbonyl (C=O) groups excluding carboxylic acids is 1. The number of benzene rings is 1. The Kier molecular flexibility index (Phi) is 3.73. The molecule has 20 heavy (non-hydrogen) atoms. The summed E-state index contributed by atoms with van der Waals surface area (Å²) in [7, 11) is -2.21. The van der Waals surface area contributed by atoms with Crippen molar-refractivity contribution in [1.82, 2.24) is 4.72 Å². The Labute approximate surface area is 127 Å². The van der Waals surface area contributed by atoms with Crippen molar-refractivity contribution < 1.29 is 13.2 Å². The molecule has 0 bridgehead atoms. The smallest absolute Gasteiger partial charge is 0.241 e. The molecule has 0 aliphatic carbocycles. The fraction of sp³-hybridized carbons (Fsp3) is 0.462. The van der Waals surface area contributed by atoms with E-state index in [-0.39, 0.29) is 16.2 Å². The van der Waals surface area contributed by atoms with Gasteiger partial charge in [0.1, 0.15) is 0 Å². The zero-order chi connectivity index (χ0) is 15.3. The van der Waals surface area contributed by atoms with E-state index in [4.69, 9.17) is 0 Å². The van der Waals surface area contributed by atoms with Crippen molar-refractivity contribution in [3.63, 3.8) is 0 Å². The van der Waals surface area contributed by atoms with Gasteiger partial charge in [-0.1, -0.05) is 13.8 Å².